The number of para-hydroxylation sites is 8. The summed E-state index contributed by atoms with van der Waals surface area (Å²) in [6, 6.07) is 43.6. The van der Waals surface area contributed by atoms with Gasteiger partial charge in [-0.1, -0.05) is 60.7 Å². The third-order valence-electron chi connectivity index (χ3n) is 8.03. The van der Waals surface area contributed by atoms with Crippen LogP contribution in [0.15, 0.2) is 133 Å². The zero-order valence-electron chi connectivity index (χ0n) is 27.7. The average molecular weight is 777 g/mol. The van der Waals surface area contributed by atoms with E-state index in [1.807, 2.05) is 133 Å². The van der Waals surface area contributed by atoms with Crippen LogP contribution in [0.3, 0.4) is 0 Å². The van der Waals surface area contributed by atoms with Crippen molar-refractivity contribution in [1.29, 1.82) is 0 Å². The van der Waals surface area contributed by atoms with Gasteiger partial charge in [0.15, 0.2) is 23.3 Å². The van der Waals surface area contributed by atoms with E-state index in [1.54, 1.807) is 0 Å². The molecule has 10 aromatic rings. The minimum absolute atomic E-state index is 0. The zero-order chi connectivity index (χ0) is 36.4. The van der Waals surface area contributed by atoms with Crippen molar-refractivity contribution in [2.75, 3.05) is 0 Å². The van der Waals surface area contributed by atoms with Crippen molar-refractivity contribution < 1.29 is 34.0 Å². The summed E-state index contributed by atoms with van der Waals surface area (Å²) in [5.41, 5.74) is 10.9. The van der Waals surface area contributed by atoms with E-state index in [0.29, 0.717) is 0 Å². The molecule has 268 valence electrons. The Balaban J connectivity index is 0.000000146. The first-order chi connectivity index (χ1) is 25.7. The number of nitrogens with zero attached hydrogens (tertiary/aromatic N) is 6. The number of rotatable bonds is 4. The third kappa shape index (κ3) is 8.07. The van der Waals surface area contributed by atoms with Gasteiger partial charge in [0.2, 0.25) is 0 Å². The molecule has 6 aromatic heterocycles. The molecule has 54 heavy (non-hydrogen) atoms. The molecule has 0 radical (unpaired) electrons. The number of pyridine rings is 2. The summed E-state index contributed by atoms with van der Waals surface area (Å²) < 4.78 is 34.1. The molecule has 4 N–H and O–H groups in total. The first-order valence-electron chi connectivity index (χ1n) is 16.1. The van der Waals surface area contributed by atoms with Gasteiger partial charge >= 0.3 is 16.5 Å². The van der Waals surface area contributed by atoms with Crippen molar-refractivity contribution >= 4 is 54.5 Å². The van der Waals surface area contributed by atoms with Crippen LogP contribution in [0.4, 0.5) is 0 Å². The molecular weight excluding hydrogens is 751 g/mol. The third-order valence-corrected chi connectivity index (χ3v) is 8.03. The molecule has 0 aliphatic carbocycles. The van der Waals surface area contributed by atoms with Crippen LogP contribution in [0, 0.1) is 0 Å². The molecule has 4 aromatic carbocycles. The van der Waals surface area contributed by atoms with Gasteiger partial charge in [0.25, 0.3) is 0 Å². The molecule has 14 nitrogen and oxygen atoms in total. The number of hydrogen-bond acceptors (Lipinski definition) is 10. The number of aromatic amines is 4. The largest absolute Gasteiger partial charge is 2.00 e. The molecule has 0 saturated heterocycles. The molecule has 6 heterocycles. The molecule has 0 unspecified atom stereocenters. The van der Waals surface area contributed by atoms with Crippen molar-refractivity contribution in [3.63, 3.8) is 0 Å². The fourth-order valence-corrected chi connectivity index (χ4v) is 5.69. The van der Waals surface area contributed by atoms with Crippen molar-refractivity contribution in [3.8, 4) is 46.1 Å². The summed E-state index contributed by atoms with van der Waals surface area (Å²) in [6.07, 6.45) is 0. The van der Waals surface area contributed by atoms with Gasteiger partial charge in [-0.15, -0.1) is 0 Å². The molecule has 0 amide bonds. The Morgan fingerprint density at radius 3 is 0.796 bits per heavy atom. The molecule has 16 heteroatoms. The number of fused-ring (bicyclic) bond motifs is 4. The first kappa shape index (κ1) is 35.8. The average Bonchev–Trinajstić information content (AvgIpc) is 3.98. The van der Waals surface area contributed by atoms with E-state index in [0.717, 1.165) is 90.2 Å². The summed E-state index contributed by atoms with van der Waals surface area (Å²) in [7, 11) is -5.17. The van der Waals surface area contributed by atoms with E-state index in [9.17, 15) is 0 Å². The number of H-pyrrole nitrogens is 4. The Kier molecular flexibility index (Phi) is 10.1. The van der Waals surface area contributed by atoms with Crippen LogP contribution in [0.2, 0.25) is 0 Å². The quantitative estimate of drug-likeness (QED) is 0.0814. The molecule has 10 rings (SSSR count). The molecule has 0 bridgehead atoms. The normalized spacial score (nSPS) is 11.1. The van der Waals surface area contributed by atoms with Crippen LogP contribution in [0.1, 0.15) is 0 Å². The van der Waals surface area contributed by atoms with Gasteiger partial charge in [0.05, 0.1) is 44.1 Å². The molecular formula is C38H26N10NiO4S. The van der Waals surface area contributed by atoms with Crippen molar-refractivity contribution in [2.45, 2.75) is 0 Å². The first-order valence-corrected chi connectivity index (χ1v) is 17.5. The minimum atomic E-state index is -5.17. The van der Waals surface area contributed by atoms with Crippen molar-refractivity contribution in [1.82, 2.24) is 49.8 Å². The molecule has 0 fully saturated rings. The predicted molar refractivity (Wildman–Crippen MR) is 199 cm³/mol. The Bertz CT molecular complexity index is 2490. The van der Waals surface area contributed by atoms with E-state index in [2.05, 4.69) is 39.9 Å². The standard InChI is InChI=1S/2C19H13N5.Ni.H2O4S/c2*1-2-7-13-12(6-1)21-18(22-13)16-10-5-11-17(20-16)19-23-14-8-3-4-9-15(14)24-19;;1-5(2,3)4/h2*1-11H,(H,21,22)(H,23,24);;(H2,1,2,3,4)/q;;+2;/p-2. The number of benzene rings is 4. The summed E-state index contributed by atoms with van der Waals surface area (Å²) in [6.45, 7) is 0. The Hall–Kier alpha value is -6.58. The maximum atomic E-state index is 8.52. The molecule has 0 aliphatic heterocycles. The smallest absolute Gasteiger partial charge is 0.759 e. The second-order valence-electron chi connectivity index (χ2n) is 11.6. The Morgan fingerprint density at radius 1 is 0.352 bits per heavy atom. The van der Waals surface area contributed by atoms with Gasteiger partial charge in [-0.3, -0.25) is 8.42 Å². The van der Waals surface area contributed by atoms with Gasteiger partial charge in [0.1, 0.15) is 22.8 Å². The fraction of sp³-hybridized carbons (Fsp3) is 0. The maximum Gasteiger partial charge on any atom is 2.00 e. The van der Waals surface area contributed by atoms with Gasteiger partial charge < -0.3 is 29.0 Å². The van der Waals surface area contributed by atoms with Crippen molar-refractivity contribution in [2.24, 2.45) is 0 Å². The van der Waals surface area contributed by atoms with Crippen LogP contribution in [0.25, 0.3) is 90.2 Å². The van der Waals surface area contributed by atoms with Crippen LogP contribution < -0.4 is 0 Å². The van der Waals surface area contributed by atoms with Gasteiger partial charge in [-0.05, 0) is 72.8 Å². The fourth-order valence-electron chi connectivity index (χ4n) is 5.69. The molecule has 0 aliphatic rings. The number of aromatic nitrogens is 10. The van der Waals surface area contributed by atoms with E-state index in [4.69, 9.17) is 27.5 Å². The van der Waals surface area contributed by atoms with Gasteiger partial charge in [-0.2, -0.15) is 0 Å². The van der Waals surface area contributed by atoms with Crippen LogP contribution >= 0.6 is 0 Å². The van der Waals surface area contributed by atoms with Crippen LogP contribution in [0.5, 0.6) is 0 Å². The summed E-state index contributed by atoms with van der Waals surface area (Å²) in [5, 5.41) is 0. The van der Waals surface area contributed by atoms with Gasteiger partial charge in [0, 0.05) is 10.4 Å². The zero-order valence-corrected chi connectivity index (χ0v) is 29.5. The molecule has 0 saturated carbocycles. The SMILES string of the molecule is O=S(=O)([O-])[O-].[Ni+2].c1cc(-c2nc3ccccc3[nH]2)nc(-c2nc3ccccc3[nH]2)c1.c1cc(-c2nc3ccccc3[nH]2)nc(-c2nc3ccccc3[nH]2)c1. The predicted octanol–water partition coefficient (Wildman–Crippen LogP) is 7.00. The second-order valence-corrected chi connectivity index (χ2v) is 12.5. The Morgan fingerprint density at radius 2 is 0.574 bits per heavy atom. The second kappa shape index (κ2) is 15.2. The summed E-state index contributed by atoms with van der Waals surface area (Å²) in [5.74, 6) is 3.03. The monoisotopic (exact) mass is 776 g/mol. The Labute approximate surface area is 316 Å². The number of nitrogens with one attached hydrogen (secondary N) is 4. The van der Waals surface area contributed by atoms with Crippen LogP contribution in [-0.2, 0) is 26.9 Å². The summed E-state index contributed by atoms with van der Waals surface area (Å²) in [4.78, 5) is 41.1. The minimum Gasteiger partial charge on any atom is -0.759 e. The maximum absolute atomic E-state index is 8.52. The van der Waals surface area contributed by atoms with E-state index < -0.39 is 10.4 Å². The summed E-state index contributed by atoms with van der Waals surface area (Å²) >= 11 is 0. The number of imidazole rings is 4. The van der Waals surface area contributed by atoms with Crippen LogP contribution in [-0.4, -0.2) is 67.4 Å². The molecule has 0 spiro atoms. The van der Waals surface area contributed by atoms with Gasteiger partial charge in [-0.25, -0.2) is 29.9 Å². The van der Waals surface area contributed by atoms with E-state index in [1.165, 1.54) is 0 Å². The van der Waals surface area contributed by atoms with E-state index >= 15 is 0 Å². The van der Waals surface area contributed by atoms with Crippen molar-refractivity contribution in [3.05, 3.63) is 133 Å². The number of hydrogen-bond donors (Lipinski definition) is 4. The van der Waals surface area contributed by atoms with E-state index in [-0.39, 0.29) is 16.5 Å². The molecule has 0 atom stereocenters. The topological polar surface area (TPSA) is 221 Å².